The van der Waals surface area contributed by atoms with Crippen LogP contribution in [0.25, 0.3) is 0 Å². The summed E-state index contributed by atoms with van der Waals surface area (Å²) in [4.78, 5) is 27.0. The number of aryl methyl sites for hydroxylation is 1. The van der Waals surface area contributed by atoms with E-state index < -0.39 is 5.41 Å². The topological polar surface area (TPSA) is 49.4 Å². The van der Waals surface area contributed by atoms with Crippen molar-refractivity contribution in [1.82, 2.24) is 4.90 Å². The van der Waals surface area contributed by atoms with Gasteiger partial charge in [-0.2, -0.15) is 0 Å². The Bertz CT molecular complexity index is 558. The maximum Gasteiger partial charge on any atom is 0.240 e. The Kier molecular flexibility index (Phi) is 3.70. The van der Waals surface area contributed by atoms with Crippen LogP contribution in [0.15, 0.2) is 24.3 Å². The summed E-state index contributed by atoms with van der Waals surface area (Å²) < 4.78 is 0. The van der Waals surface area contributed by atoms with E-state index in [2.05, 4.69) is 12.2 Å². The van der Waals surface area contributed by atoms with E-state index in [-0.39, 0.29) is 11.8 Å². The number of anilines is 1. The van der Waals surface area contributed by atoms with Crippen molar-refractivity contribution in [1.29, 1.82) is 0 Å². The van der Waals surface area contributed by atoms with Crippen molar-refractivity contribution >= 4 is 17.5 Å². The van der Waals surface area contributed by atoms with Crippen molar-refractivity contribution in [2.24, 2.45) is 5.41 Å². The molecule has 2 fully saturated rings. The van der Waals surface area contributed by atoms with Gasteiger partial charge in [0.1, 0.15) is 5.41 Å². The molecule has 2 aliphatic rings. The predicted octanol–water partition coefficient (Wildman–Crippen LogP) is 2.59. The maximum atomic E-state index is 12.6. The number of hydrogen-bond donors (Lipinski definition) is 1. The van der Waals surface area contributed by atoms with Crippen LogP contribution in [0, 0.1) is 5.41 Å². The molecule has 1 heterocycles. The van der Waals surface area contributed by atoms with Gasteiger partial charge in [0.25, 0.3) is 0 Å². The minimum absolute atomic E-state index is 0.0338. The predicted molar refractivity (Wildman–Crippen MR) is 81.9 cm³/mol. The average Bonchev–Trinajstić information content (AvgIpc) is 3.14. The second kappa shape index (κ2) is 5.51. The van der Waals surface area contributed by atoms with Crippen LogP contribution in [0.3, 0.4) is 0 Å². The molecule has 0 atom stereocenters. The molecule has 1 aliphatic heterocycles. The molecule has 1 saturated carbocycles. The van der Waals surface area contributed by atoms with Crippen LogP contribution in [0.4, 0.5) is 5.69 Å². The number of nitrogens with zero attached hydrogens (tertiary/aromatic N) is 1. The zero-order chi connectivity index (χ0) is 14.9. The lowest BCUT2D eigenvalue weighted by Crippen LogP contribution is -2.41. The molecule has 3 rings (SSSR count). The van der Waals surface area contributed by atoms with Crippen LogP contribution in [0.5, 0.6) is 0 Å². The van der Waals surface area contributed by atoms with Gasteiger partial charge in [-0.25, -0.2) is 0 Å². The summed E-state index contributed by atoms with van der Waals surface area (Å²) in [6.07, 6.45) is 4.35. The average molecular weight is 286 g/mol. The number of amides is 2. The first-order chi connectivity index (χ1) is 10.2. The van der Waals surface area contributed by atoms with Crippen molar-refractivity contribution in [2.75, 3.05) is 18.4 Å². The van der Waals surface area contributed by atoms with E-state index in [4.69, 9.17) is 0 Å². The number of benzene rings is 1. The lowest BCUT2D eigenvalue weighted by Gasteiger charge is -2.22. The number of hydrogen-bond acceptors (Lipinski definition) is 2. The van der Waals surface area contributed by atoms with Crippen LogP contribution in [-0.2, 0) is 16.0 Å². The highest BCUT2D eigenvalue weighted by Gasteiger charge is 2.58. The standard InChI is InChI=1S/C17H22N2O2/c1-2-13-7-3-4-8-14(13)18-15(20)17(9-10-17)16(21)19-11-5-6-12-19/h3-4,7-8H,2,5-6,9-12H2,1H3,(H,18,20). The van der Waals surface area contributed by atoms with Crippen molar-refractivity contribution in [2.45, 2.75) is 39.0 Å². The molecular weight excluding hydrogens is 264 g/mol. The molecule has 1 N–H and O–H groups in total. The minimum atomic E-state index is -0.787. The Morgan fingerprint density at radius 1 is 1.19 bits per heavy atom. The fourth-order valence-corrected chi connectivity index (χ4v) is 3.08. The third-order valence-corrected chi connectivity index (χ3v) is 4.63. The zero-order valence-electron chi connectivity index (χ0n) is 12.5. The zero-order valence-corrected chi connectivity index (χ0v) is 12.5. The van der Waals surface area contributed by atoms with Gasteiger partial charge in [-0.3, -0.25) is 9.59 Å². The van der Waals surface area contributed by atoms with Crippen molar-refractivity contribution in [3.05, 3.63) is 29.8 Å². The van der Waals surface area contributed by atoms with Gasteiger partial charge in [0, 0.05) is 18.8 Å². The monoisotopic (exact) mass is 286 g/mol. The highest BCUT2D eigenvalue weighted by atomic mass is 16.2. The first-order valence-electron chi connectivity index (χ1n) is 7.86. The van der Waals surface area contributed by atoms with E-state index in [1.54, 1.807) is 0 Å². The molecule has 21 heavy (non-hydrogen) atoms. The molecule has 0 spiro atoms. The minimum Gasteiger partial charge on any atom is -0.342 e. The van der Waals surface area contributed by atoms with Gasteiger partial charge in [0.15, 0.2) is 0 Å². The molecule has 2 amide bonds. The molecule has 0 unspecified atom stereocenters. The van der Waals surface area contributed by atoms with E-state index in [1.165, 1.54) is 0 Å². The number of likely N-dealkylation sites (tertiary alicyclic amines) is 1. The highest BCUT2D eigenvalue weighted by molar-refractivity contribution is 6.13. The molecule has 4 nitrogen and oxygen atoms in total. The van der Waals surface area contributed by atoms with Crippen LogP contribution in [-0.4, -0.2) is 29.8 Å². The number of para-hydroxylation sites is 1. The molecular formula is C17H22N2O2. The van der Waals surface area contributed by atoms with Gasteiger partial charge in [0.2, 0.25) is 11.8 Å². The third kappa shape index (κ3) is 2.55. The van der Waals surface area contributed by atoms with Gasteiger partial charge < -0.3 is 10.2 Å². The summed E-state index contributed by atoms with van der Waals surface area (Å²) >= 11 is 0. The fourth-order valence-electron chi connectivity index (χ4n) is 3.08. The summed E-state index contributed by atoms with van der Waals surface area (Å²) in [7, 11) is 0. The molecule has 1 saturated heterocycles. The lowest BCUT2D eigenvalue weighted by molar-refractivity contribution is -0.141. The molecule has 1 aliphatic carbocycles. The molecule has 0 radical (unpaired) electrons. The van der Waals surface area contributed by atoms with E-state index >= 15 is 0 Å². The Labute approximate surface area is 125 Å². The summed E-state index contributed by atoms with van der Waals surface area (Å²) in [5, 5.41) is 2.98. The summed E-state index contributed by atoms with van der Waals surface area (Å²) in [6.45, 7) is 3.67. The molecule has 0 bridgehead atoms. The quantitative estimate of drug-likeness (QED) is 0.865. The van der Waals surface area contributed by atoms with Crippen molar-refractivity contribution in [3.8, 4) is 0 Å². The fraction of sp³-hybridized carbons (Fsp3) is 0.529. The summed E-state index contributed by atoms with van der Waals surface area (Å²) in [5.41, 5.74) is 1.16. The van der Waals surface area contributed by atoms with Gasteiger partial charge in [-0.1, -0.05) is 25.1 Å². The third-order valence-electron chi connectivity index (χ3n) is 4.63. The number of carbonyl (C=O) groups excluding carboxylic acids is 2. The normalized spacial score (nSPS) is 19.4. The number of nitrogens with one attached hydrogen (secondary N) is 1. The van der Waals surface area contributed by atoms with Gasteiger partial charge in [0.05, 0.1) is 0 Å². The largest absolute Gasteiger partial charge is 0.342 e. The molecule has 112 valence electrons. The summed E-state index contributed by atoms with van der Waals surface area (Å²) in [6, 6.07) is 7.80. The second-order valence-corrected chi connectivity index (χ2v) is 6.05. The van der Waals surface area contributed by atoms with Crippen molar-refractivity contribution in [3.63, 3.8) is 0 Å². The lowest BCUT2D eigenvalue weighted by atomic mass is 10.0. The Morgan fingerprint density at radius 3 is 2.48 bits per heavy atom. The Balaban J connectivity index is 1.74. The molecule has 1 aromatic carbocycles. The first kappa shape index (κ1) is 14.1. The summed E-state index contributed by atoms with van der Waals surface area (Å²) in [5.74, 6) is -0.0909. The van der Waals surface area contributed by atoms with Gasteiger partial charge >= 0.3 is 0 Å². The second-order valence-electron chi connectivity index (χ2n) is 6.05. The van der Waals surface area contributed by atoms with Gasteiger partial charge in [-0.15, -0.1) is 0 Å². The van der Waals surface area contributed by atoms with Crippen LogP contribution in [0.2, 0.25) is 0 Å². The maximum absolute atomic E-state index is 12.6. The first-order valence-corrected chi connectivity index (χ1v) is 7.86. The molecule has 4 heteroatoms. The van der Waals surface area contributed by atoms with E-state index in [0.29, 0.717) is 12.8 Å². The SMILES string of the molecule is CCc1ccccc1NC(=O)C1(C(=O)N2CCCC2)CC1. The van der Waals surface area contributed by atoms with Gasteiger partial charge in [-0.05, 0) is 43.7 Å². The highest BCUT2D eigenvalue weighted by Crippen LogP contribution is 2.48. The number of carbonyl (C=O) groups is 2. The Hall–Kier alpha value is -1.84. The van der Waals surface area contributed by atoms with Crippen LogP contribution < -0.4 is 5.32 Å². The van der Waals surface area contributed by atoms with Crippen LogP contribution in [0.1, 0.15) is 38.2 Å². The number of rotatable bonds is 4. The smallest absolute Gasteiger partial charge is 0.240 e. The molecule has 0 aromatic heterocycles. The van der Waals surface area contributed by atoms with E-state index in [0.717, 1.165) is 43.6 Å². The Morgan fingerprint density at radius 2 is 1.86 bits per heavy atom. The molecule has 1 aromatic rings. The van der Waals surface area contributed by atoms with Crippen LogP contribution >= 0.6 is 0 Å². The van der Waals surface area contributed by atoms with Crippen molar-refractivity contribution < 1.29 is 9.59 Å². The van der Waals surface area contributed by atoms with E-state index in [1.807, 2.05) is 29.2 Å². The van der Waals surface area contributed by atoms with E-state index in [9.17, 15) is 9.59 Å².